The molecule has 1 aromatic heterocycles. The second-order valence-electron chi connectivity index (χ2n) is 4.03. The molecule has 0 saturated heterocycles. The fraction of sp³-hybridized carbons (Fsp3) is 0.182. The van der Waals surface area contributed by atoms with Crippen LogP contribution < -0.4 is 10.5 Å². The zero-order chi connectivity index (χ0) is 13.3. The number of sulfonamides is 1. The predicted molar refractivity (Wildman–Crippen MR) is 69.7 cm³/mol. The Kier molecular flexibility index (Phi) is 3.00. The Balaban J connectivity index is 2.33. The molecule has 0 atom stereocenters. The standard InChI is InChI=1S/C11H14N4O2S/c1-7-3-4-10(9(12)5-7)15-18(16,17)11-6-13-8(2)14-11/h3-6,15H,12H2,1-2H3,(H,13,14). The molecule has 0 spiro atoms. The number of aromatic nitrogens is 2. The Labute approximate surface area is 105 Å². The Morgan fingerprint density at radius 2 is 2.06 bits per heavy atom. The summed E-state index contributed by atoms with van der Waals surface area (Å²) in [6.45, 7) is 3.56. The van der Waals surface area contributed by atoms with E-state index in [1.54, 1.807) is 25.1 Å². The maximum absolute atomic E-state index is 12.0. The highest BCUT2D eigenvalue weighted by Crippen LogP contribution is 2.22. The van der Waals surface area contributed by atoms with Crippen LogP contribution in [-0.4, -0.2) is 18.4 Å². The van der Waals surface area contributed by atoms with Gasteiger partial charge in [-0.2, -0.15) is 8.42 Å². The van der Waals surface area contributed by atoms with Crippen molar-refractivity contribution in [2.75, 3.05) is 10.5 Å². The van der Waals surface area contributed by atoms with Gasteiger partial charge in [-0.05, 0) is 31.5 Å². The lowest BCUT2D eigenvalue weighted by Crippen LogP contribution is -2.14. The summed E-state index contributed by atoms with van der Waals surface area (Å²) in [5, 5.41) is 0.0139. The molecule has 1 aromatic carbocycles. The molecule has 2 rings (SSSR count). The van der Waals surface area contributed by atoms with Crippen LogP contribution in [0.1, 0.15) is 11.4 Å². The van der Waals surface area contributed by atoms with Crippen LogP contribution in [0.2, 0.25) is 0 Å². The quantitative estimate of drug-likeness (QED) is 0.731. The summed E-state index contributed by atoms with van der Waals surface area (Å²) in [7, 11) is -3.68. The van der Waals surface area contributed by atoms with Gasteiger partial charge in [0.15, 0.2) is 5.03 Å². The molecule has 0 aliphatic rings. The lowest BCUT2D eigenvalue weighted by atomic mass is 10.2. The third-order valence-corrected chi connectivity index (χ3v) is 3.70. The van der Waals surface area contributed by atoms with Gasteiger partial charge in [0.2, 0.25) is 0 Å². The third kappa shape index (κ3) is 2.45. The Bertz CT molecular complexity index is 676. The fourth-order valence-electron chi connectivity index (χ4n) is 1.51. The van der Waals surface area contributed by atoms with E-state index in [9.17, 15) is 8.42 Å². The van der Waals surface area contributed by atoms with Crippen molar-refractivity contribution in [1.29, 1.82) is 0 Å². The molecule has 4 N–H and O–H groups in total. The van der Waals surface area contributed by atoms with E-state index in [2.05, 4.69) is 14.7 Å². The zero-order valence-corrected chi connectivity index (χ0v) is 10.9. The van der Waals surface area contributed by atoms with Crippen LogP contribution in [-0.2, 0) is 10.0 Å². The van der Waals surface area contributed by atoms with E-state index >= 15 is 0 Å². The van der Waals surface area contributed by atoms with Crippen LogP contribution in [0.4, 0.5) is 11.4 Å². The number of hydrogen-bond acceptors (Lipinski definition) is 4. The van der Waals surface area contributed by atoms with Crippen molar-refractivity contribution in [1.82, 2.24) is 9.97 Å². The molecule has 0 bridgehead atoms. The summed E-state index contributed by atoms with van der Waals surface area (Å²) in [6.07, 6.45) is 1.27. The predicted octanol–water partition coefficient (Wildman–Crippen LogP) is 1.41. The Hall–Kier alpha value is -2.02. The molecule has 0 saturated carbocycles. The number of nitrogens with one attached hydrogen (secondary N) is 2. The Morgan fingerprint density at radius 1 is 1.33 bits per heavy atom. The summed E-state index contributed by atoms with van der Waals surface area (Å²) in [4.78, 5) is 6.52. The van der Waals surface area contributed by atoms with Crippen LogP contribution in [0, 0.1) is 13.8 Å². The van der Waals surface area contributed by atoms with Crippen LogP contribution >= 0.6 is 0 Å². The number of H-pyrrole nitrogens is 1. The van der Waals surface area contributed by atoms with Gasteiger partial charge in [-0.3, -0.25) is 4.72 Å². The second-order valence-corrected chi connectivity index (χ2v) is 5.68. The largest absolute Gasteiger partial charge is 0.397 e. The van der Waals surface area contributed by atoms with Crippen molar-refractivity contribution >= 4 is 21.4 Å². The van der Waals surface area contributed by atoms with Gasteiger partial charge >= 0.3 is 0 Å². The van der Waals surface area contributed by atoms with Gasteiger partial charge in [0.1, 0.15) is 5.82 Å². The van der Waals surface area contributed by atoms with Gasteiger partial charge in [-0.25, -0.2) is 4.98 Å². The van der Waals surface area contributed by atoms with E-state index in [1.165, 1.54) is 6.20 Å². The zero-order valence-electron chi connectivity index (χ0n) is 10.1. The lowest BCUT2D eigenvalue weighted by molar-refractivity contribution is 0.598. The van der Waals surface area contributed by atoms with E-state index in [1.807, 2.05) is 6.92 Å². The third-order valence-electron chi connectivity index (χ3n) is 2.42. The highest BCUT2D eigenvalue weighted by molar-refractivity contribution is 7.92. The number of aromatic amines is 1. The fourth-order valence-corrected chi connectivity index (χ4v) is 2.57. The molecule has 0 amide bonds. The number of nitrogens with two attached hydrogens (primary N) is 1. The van der Waals surface area contributed by atoms with Gasteiger partial charge in [-0.15, -0.1) is 0 Å². The van der Waals surface area contributed by atoms with Gasteiger partial charge in [0, 0.05) is 0 Å². The van der Waals surface area contributed by atoms with Crippen molar-refractivity contribution in [3.05, 3.63) is 35.8 Å². The van der Waals surface area contributed by atoms with Gasteiger partial charge in [0.25, 0.3) is 10.0 Å². The molecule has 7 heteroatoms. The molecule has 0 aliphatic heterocycles. The first kappa shape index (κ1) is 12.4. The van der Waals surface area contributed by atoms with E-state index < -0.39 is 10.0 Å². The number of nitrogen functional groups attached to an aromatic ring is 1. The number of aryl methyl sites for hydroxylation is 2. The maximum Gasteiger partial charge on any atom is 0.279 e. The first-order chi connectivity index (χ1) is 8.38. The summed E-state index contributed by atoms with van der Waals surface area (Å²) < 4.78 is 26.4. The Morgan fingerprint density at radius 3 is 2.61 bits per heavy atom. The van der Waals surface area contributed by atoms with Crippen molar-refractivity contribution in [2.45, 2.75) is 18.9 Å². The van der Waals surface area contributed by atoms with Gasteiger partial charge in [-0.1, -0.05) is 6.07 Å². The number of benzene rings is 1. The number of imidazole rings is 1. The molecular formula is C11H14N4O2S. The molecule has 1 heterocycles. The summed E-state index contributed by atoms with van der Waals surface area (Å²) >= 11 is 0. The number of anilines is 2. The van der Waals surface area contributed by atoms with Gasteiger partial charge < -0.3 is 10.7 Å². The number of hydrogen-bond donors (Lipinski definition) is 3. The minimum atomic E-state index is -3.68. The van der Waals surface area contributed by atoms with Crippen LogP contribution in [0.5, 0.6) is 0 Å². The van der Waals surface area contributed by atoms with E-state index in [4.69, 9.17) is 5.73 Å². The smallest absolute Gasteiger partial charge is 0.279 e. The average molecular weight is 266 g/mol. The summed E-state index contributed by atoms with van der Waals surface area (Å²) in [6, 6.07) is 5.12. The molecule has 2 aromatic rings. The monoisotopic (exact) mass is 266 g/mol. The van der Waals surface area contributed by atoms with Crippen LogP contribution in [0.15, 0.2) is 29.4 Å². The molecule has 18 heavy (non-hydrogen) atoms. The second kappa shape index (κ2) is 4.34. The van der Waals surface area contributed by atoms with Crippen molar-refractivity contribution in [2.24, 2.45) is 0 Å². The van der Waals surface area contributed by atoms with Crippen molar-refractivity contribution in [3.63, 3.8) is 0 Å². The van der Waals surface area contributed by atoms with E-state index in [0.717, 1.165) is 5.56 Å². The summed E-state index contributed by atoms with van der Waals surface area (Å²) in [5.74, 6) is 0.534. The van der Waals surface area contributed by atoms with Gasteiger partial charge in [0.05, 0.1) is 17.6 Å². The number of nitrogens with zero attached hydrogens (tertiary/aromatic N) is 1. The first-order valence-corrected chi connectivity index (χ1v) is 6.77. The molecular weight excluding hydrogens is 252 g/mol. The van der Waals surface area contributed by atoms with Crippen molar-refractivity contribution in [3.8, 4) is 0 Å². The highest BCUT2D eigenvalue weighted by Gasteiger charge is 2.17. The molecule has 0 fully saturated rings. The minimum absolute atomic E-state index is 0.0139. The SMILES string of the molecule is Cc1ccc(NS(=O)(=O)c2cnc(C)[nH]2)c(N)c1. The van der Waals surface area contributed by atoms with Crippen LogP contribution in [0.3, 0.4) is 0 Å². The molecule has 96 valence electrons. The molecule has 0 radical (unpaired) electrons. The first-order valence-electron chi connectivity index (χ1n) is 5.29. The van der Waals surface area contributed by atoms with E-state index in [0.29, 0.717) is 17.2 Å². The minimum Gasteiger partial charge on any atom is -0.397 e. The maximum atomic E-state index is 12.0. The lowest BCUT2D eigenvalue weighted by Gasteiger charge is -2.09. The summed E-state index contributed by atoms with van der Waals surface area (Å²) in [5.41, 5.74) is 7.46. The normalized spacial score (nSPS) is 11.4. The molecule has 0 unspecified atom stereocenters. The topological polar surface area (TPSA) is 101 Å². The van der Waals surface area contributed by atoms with Crippen LogP contribution in [0.25, 0.3) is 0 Å². The molecule has 6 nitrogen and oxygen atoms in total. The highest BCUT2D eigenvalue weighted by atomic mass is 32.2. The number of rotatable bonds is 3. The van der Waals surface area contributed by atoms with Crippen molar-refractivity contribution < 1.29 is 8.42 Å². The van der Waals surface area contributed by atoms with E-state index in [-0.39, 0.29) is 5.03 Å². The molecule has 0 aliphatic carbocycles. The average Bonchev–Trinajstić information content (AvgIpc) is 2.70.